The van der Waals surface area contributed by atoms with Gasteiger partial charge in [-0.2, -0.15) is 10.4 Å². The van der Waals surface area contributed by atoms with E-state index in [1.54, 1.807) is 49.6 Å². The van der Waals surface area contributed by atoms with Crippen LogP contribution >= 0.6 is 0 Å². The first-order valence-electron chi connectivity index (χ1n) is 7.33. The number of amides is 1. The number of rotatable bonds is 7. The van der Waals surface area contributed by atoms with Crippen molar-refractivity contribution in [2.24, 2.45) is 5.10 Å². The lowest BCUT2D eigenvalue weighted by atomic mass is 10.2. The Labute approximate surface area is 145 Å². The van der Waals surface area contributed by atoms with E-state index in [0.717, 1.165) is 0 Å². The molecule has 128 valence electrons. The van der Waals surface area contributed by atoms with Gasteiger partial charge in [0, 0.05) is 5.56 Å². The Balaban J connectivity index is 2.01. The van der Waals surface area contributed by atoms with Crippen LogP contribution in [0.3, 0.4) is 0 Å². The van der Waals surface area contributed by atoms with E-state index in [2.05, 4.69) is 10.5 Å². The molecule has 0 aliphatic rings. The molecule has 0 aliphatic heterocycles. The van der Waals surface area contributed by atoms with Crippen LogP contribution in [0.25, 0.3) is 0 Å². The lowest BCUT2D eigenvalue weighted by Crippen LogP contribution is -2.17. The van der Waals surface area contributed by atoms with E-state index in [0.29, 0.717) is 28.4 Å². The summed E-state index contributed by atoms with van der Waals surface area (Å²) in [6, 6.07) is 13.7. The molecule has 0 fully saturated rings. The maximum atomic E-state index is 12.0. The highest BCUT2D eigenvalue weighted by atomic mass is 16.5. The van der Waals surface area contributed by atoms with Crippen LogP contribution in [-0.2, 0) is 0 Å². The van der Waals surface area contributed by atoms with Crippen molar-refractivity contribution in [2.75, 3.05) is 20.8 Å². The summed E-state index contributed by atoms with van der Waals surface area (Å²) in [7, 11) is 3.06. The molecular weight excluding hydrogens is 322 g/mol. The van der Waals surface area contributed by atoms with Gasteiger partial charge in [0.1, 0.15) is 11.8 Å². The number of nitriles is 1. The molecule has 2 rings (SSSR count). The summed E-state index contributed by atoms with van der Waals surface area (Å²) in [6.45, 7) is -0.0677. The minimum Gasteiger partial charge on any atom is -0.497 e. The Kier molecular flexibility index (Phi) is 6.37. The standard InChI is InChI=1S/C18H17N3O4/c1-23-15-6-4-14(5-7-15)18(22)21-20-12-13-3-8-16(25-10-9-19)17(11-13)24-2/h3-8,11-12H,10H2,1-2H3,(H,21,22). The van der Waals surface area contributed by atoms with E-state index in [1.807, 2.05) is 6.07 Å². The topological polar surface area (TPSA) is 92.9 Å². The molecule has 0 unspecified atom stereocenters. The number of methoxy groups -OCH3 is 2. The number of hydrazone groups is 1. The van der Waals surface area contributed by atoms with E-state index < -0.39 is 0 Å². The fraction of sp³-hybridized carbons (Fsp3) is 0.167. The van der Waals surface area contributed by atoms with E-state index in [4.69, 9.17) is 19.5 Å². The zero-order chi connectivity index (χ0) is 18.1. The minimum absolute atomic E-state index is 0.0677. The van der Waals surface area contributed by atoms with E-state index in [1.165, 1.54) is 13.3 Å². The largest absolute Gasteiger partial charge is 0.497 e. The van der Waals surface area contributed by atoms with Gasteiger partial charge in [0.15, 0.2) is 18.1 Å². The summed E-state index contributed by atoms with van der Waals surface area (Å²) in [5, 5.41) is 12.5. The van der Waals surface area contributed by atoms with Gasteiger partial charge < -0.3 is 14.2 Å². The van der Waals surface area contributed by atoms with Gasteiger partial charge in [-0.3, -0.25) is 4.79 Å². The predicted octanol–water partition coefficient (Wildman–Crippen LogP) is 2.37. The summed E-state index contributed by atoms with van der Waals surface area (Å²) < 4.78 is 15.5. The molecule has 1 amide bonds. The second-order valence-corrected chi connectivity index (χ2v) is 4.78. The van der Waals surface area contributed by atoms with Crippen LogP contribution in [0.2, 0.25) is 0 Å². The van der Waals surface area contributed by atoms with Crippen molar-refractivity contribution in [2.45, 2.75) is 0 Å². The fourth-order valence-electron chi connectivity index (χ4n) is 1.97. The number of ether oxygens (including phenoxy) is 3. The first kappa shape index (κ1) is 17.8. The second kappa shape index (κ2) is 8.93. The average molecular weight is 339 g/mol. The smallest absolute Gasteiger partial charge is 0.271 e. The van der Waals surface area contributed by atoms with Crippen molar-refractivity contribution in [1.82, 2.24) is 5.43 Å². The molecule has 0 radical (unpaired) electrons. The zero-order valence-corrected chi connectivity index (χ0v) is 13.9. The van der Waals surface area contributed by atoms with Crippen LogP contribution in [-0.4, -0.2) is 32.9 Å². The van der Waals surface area contributed by atoms with E-state index in [9.17, 15) is 4.79 Å². The Morgan fingerprint density at radius 2 is 1.92 bits per heavy atom. The Morgan fingerprint density at radius 3 is 2.56 bits per heavy atom. The maximum absolute atomic E-state index is 12.0. The van der Waals surface area contributed by atoms with Gasteiger partial charge in [-0.25, -0.2) is 5.43 Å². The number of carbonyl (C=O) groups excluding carboxylic acids is 1. The molecule has 0 aromatic heterocycles. The third-order valence-corrected chi connectivity index (χ3v) is 3.21. The summed E-state index contributed by atoms with van der Waals surface area (Å²) in [4.78, 5) is 12.0. The molecule has 7 heteroatoms. The Morgan fingerprint density at radius 1 is 1.16 bits per heavy atom. The molecule has 0 atom stereocenters. The lowest BCUT2D eigenvalue weighted by Gasteiger charge is -2.08. The van der Waals surface area contributed by atoms with Gasteiger partial charge >= 0.3 is 0 Å². The molecule has 1 N–H and O–H groups in total. The number of benzene rings is 2. The van der Waals surface area contributed by atoms with Crippen molar-refractivity contribution < 1.29 is 19.0 Å². The molecule has 0 spiro atoms. The number of hydrogen-bond acceptors (Lipinski definition) is 6. The second-order valence-electron chi connectivity index (χ2n) is 4.78. The van der Waals surface area contributed by atoms with Crippen molar-refractivity contribution in [3.63, 3.8) is 0 Å². The van der Waals surface area contributed by atoms with Gasteiger partial charge in [-0.15, -0.1) is 0 Å². The number of carbonyl (C=O) groups is 1. The van der Waals surface area contributed by atoms with Crippen LogP contribution in [0.4, 0.5) is 0 Å². The van der Waals surface area contributed by atoms with Crippen LogP contribution in [0.1, 0.15) is 15.9 Å². The molecule has 2 aromatic rings. The molecule has 0 aliphatic carbocycles. The number of hydrogen-bond donors (Lipinski definition) is 1. The van der Waals surface area contributed by atoms with Crippen molar-refractivity contribution in [1.29, 1.82) is 5.26 Å². The summed E-state index contributed by atoms with van der Waals surface area (Å²) >= 11 is 0. The third-order valence-electron chi connectivity index (χ3n) is 3.21. The van der Waals surface area contributed by atoms with E-state index in [-0.39, 0.29) is 12.5 Å². The number of nitrogens with one attached hydrogen (secondary N) is 1. The monoisotopic (exact) mass is 339 g/mol. The SMILES string of the molecule is COc1ccc(C(=O)NN=Cc2ccc(OCC#N)c(OC)c2)cc1. The maximum Gasteiger partial charge on any atom is 0.271 e. The normalized spacial score (nSPS) is 10.1. The van der Waals surface area contributed by atoms with Crippen molar-refractivity contribution >= 4 is 12.1 Å². The van der Waals surface area contributed by atoms with Crippen molar-refractivity contribution in [3.05, 3.63) is 53.6 Å². The lowest BCUT2D eigenvalue weighted by molar-refractivity contribution is 0.0955. The molecule has 0 saturated carbocycles. The van der Waals surface area contributed by atoms with Gasteiger partial charge in [0.05, 0.1) is 20.4 Å². The van der Waals surface area contributed by atoms with Crippen LogP contribution < -0.4 is 19.6 Å². The molecule has 2 aromatic carbocycles. The highest BCUT2D eigenvalue weighted by Gasteiger charge is 2.06. The van der Waals surface area contributed by atoms with Gasteiger partial charge in [-0.05, 0) is 48.0 Å². The molecule has 0 heterocycles. The zero-order valence-electron chi connectivity index (χ0n) is 13.9. The van der Waals surface area contributed by atoms with Gasteiger partial charge in [-0.1, -0.05) is 0 Å². The molecule has 0 saturated heterocycles. The fourth-order valence-corrected chi connectivity index (χ4v) is 1.97. The first-order chi connectivity index (χ1) is 12.2. The molecule has 7 nitrogen and oxygen atoms in total. The predicted molar refractivity (Wildman–Crippen MR) is 92.2 cm³/mol. The van der Waals surface area contributed by atoms with Crippen LogP contribution in [0.5, 0.6) is 17.2 Å². The van der Waals surface area contributed by atoms with Gasteiger partial charge in [0.2, 0.25) is 0 Å². The Hall–Kier alpha value is -3.53. The number of nitrogens with zero attached hydrogens (tertiary/aromatic N) is 2. The summed E-state index contributed by atoms with van der Waals surface area (Å²) in [6.07, 6.45) is 1.48. The van der Waals surface area contributed by atoms with Crippen molar-refractivity contribution in [3.8, 4) is 23.3 Å². The first-order valence-corrected chi connectivity index (χ1v) is 7.33. The van der Waals surface area contributed by atoms with Gasteiger partial charge in [0.25, 0.3) is 5.91 Å². The quantitative estimate of drug-likeness (QED) is 0.617. The Bertz CT molecular complexity index is 795. The summed E-state index contributed by atoms with van der Waals surface area (Å²) in [5.41, 5.74) is 3.62. The molecular formula is C18H17N3O4. The van der Waals surface area contributed by atoms with Crippen LogP contribution in [0.15, 0.2) is 47.6 Å². The molecule has 25 heavy (non-hydrogen) atoms. The van der Waals surface area contributed by atoms with Crippen LogP contribution in [0, 0.1) is 11.3 Å². The average Bonchev–Trinajstić information content (AvgIpc) is 2.66. The third kappa shape index (κ3) is 4.97. The molecule has 0 bridgehead atoms. The minimum atomic E-state index is -0.333. The highest BCUT2D eigenvalue weighted by Crippen LogP contribution is 2.27. The van der Waals surface area contributed by atoms with E-state index >= 15 is 0 Å². The summed E-state index contributed by atoms with van der Waals surface area (Å²) in [5.74, 6) is 1.27. The highest BCUT2D eigenvalue weighted by molar-refractivity contribution is 5.95.